The number of methoxy groups -OCH3 is 1. The van der Waals surface area contributed by atoms with Crippen molar-refractivity contribution < 1.29 is 43.3 Å². The number of hydrogen-bond donors (Lipinski definition) is 4. The first-order chi connectivity index (χ1) is 24.7. The fourth-order valence-corrected chi connectivity index (χ4v) is 6.99. The van der Waals surface area contributed by atoms with E-state index in [4.69, 9.17) is 19.2 Å². The Morgan fingerprint density at radius 2 is 1.81 bits per heavy atom. The lowest BCUT2D eigenvalue weighted by Gasteiger charge is -2.35. The molecule has 1 saturated carbocycles. The molecule has 2 fully saturated rings. The number of fused-ring (bicyclic) bond motifs is 1. The zero-order valence-electron chi connectivity index (χ0n) is 31.1. The lowest BCUT2D eigenvalue weighted by atomic mass is 9.85. The van der Waals surface area contributed by atoms with Crippen molar-refractivity contribution in [3.8, 4) is 22.9 Å². The molecule has 16 heteroatoms. The summed E-state index contributed by atoms with van der Waals surface area (Å²) in [6, 6.07) is 4.70. The minimum Gasteiger partial charge on any atom is -0.497 e. The van der Waals surface area contributed by atoms with Crippen molar-refractivity contribution in [3.63, 3.8) is 0 Å². The quantitative estimate of drug-likeness (QED) is 0.197. The van der Waals surface area contributed by atoms with Gasteiger partial charge in [0.25, 0.3) is 0 Å². The number of carbonyl (C=O) groups is 5. The summed E-state index contributed by atoms with van der Waals surface area (Å²) in [6.45, 7) is 15.5. The van der Waals surface area contributed by atoms with Gasteiger partial charge in [-0.2, -0.15) is 0 Å². The first-order valence-corrected chi connectivity index (χ1v) is 18.0. The van der Waals surface area contributed by atoms with E-state index in [9.17, 15) is 29.1 Å². The number of pyridine rings is 1. The highest BCUT2D eigenvalue weighted by Gasteiger charge is 2.61. The van der Waals surface area contributed by atoms with Gasteiger partial charge in [0.1, 0.15) is 46.5 Å². The minimum atomic E-state index is -1.54. The molecule has 2 aliphatic rings. The van der Waals surface area contributed by atoms with Crippen LogP contribution in [0.3, 0.4) is 0 Å². The number of rotatable bonds is 11. The van der Waals surface area contributed by atoms with Crippen LogP contribution in [0.25, 0.3) is 22.3 Å². The Morgan fingerprint density at radius 1 is 1.09 bits per heavy atom. The second-order valence-electron chi connectivity index (χ2n) is 15.3. The van der Waals surface area contributed by atoms with Gasteiger partial charge in [-0.1, -0.05) is 26.8 Å². The molecule has 2 aromatic heterocycles. The molecule has 284 valence electrons. The Hall–Kier alpha value is -5.25. The number of carboxylic acid groups (broad SMARTS) is 1. The van der Waals surface area contributed by atoms with Gasteiger partial charge in [0.15, 0.2) is 5.13 Å². The van der Waals surface area contributed by atoms with Crippen molar-refractivity contribution in [2.24, 2.45) is 11.3 Å². The fraction of sp³-hybridized carbons (Fsp3) is 0.486. The van der Waals surface area contributed by atoms with Crippen molar-refractivity contribution in [3.05, 3.63) is 42.3 Å². The number of likely N-dealkylation sites (tertiary alicyclic amines) is 1. The van der Waals surface area contributed by atoms with Crippen LogP contribution in [0.2, 0.25) is 0 Å². The zero-order chi connectivity index (χ0) is 39.0. The predicted octanol–water partition coefficient (Wildman–Crippen LogP) is 4.76. The van der Waals surface area contributed by atoms with Gasteiger partial charge in [-0.25, -0.2) is 19.6 Å². The summed E-state index contributed by atoms with van der Waals surface area (Å²) in [5.74, 6) is -2.24. The van der Waals surface area contributed by atoms with Gasteiger partial charge in [-0.15, -0.1) is 17.9 Å². The van der Waals surface area contributed by atoms with E-state index in [2.05, 4.69) is 27.5 Å². The summed E-state index contributed by atoms with van der Waals surface area (Å²) in [6.07, 6.45) is 0.108. The molecule has 4 amide bonds. The van der Waals surface area contributed by atoms with Gasteiger partial charge in [-0.05, 0) is 44.7 Å². The predicted molar refractivity (Wildman–Crippen MR) is 198 cm³/mol. The molecule has 3 aromatic rings. The van der Waals surface area contributed by atoms with E-state index >= 15 is 0 Å². The molecule has 53 heavy (non-hydrogen) atoms. The Kier molecular flexibility index (Phi) is 10.8. The third-order valence-electron chi connectivity index (χ3n) is 8.97. The molecular weight excluding hydrogens is 705 g/mol. The standard InChI is InChI=1S/C37H46N6O9S/c1-10-20-16-37(20,32(47)48)42-30(45)27-14-22(17-43(27)31(46)29(35(3,4)5)41-34(49)52-36(6,7)8)51-28-15-25(26-18-53-33(40-26)38-19(2)44)39-24-13-21(50-9)11-12-23(24)28/h10-13,15,18,20,22,27,29H,1,14,16-17H2,2-9H3,(H,41,49)(H,42,45)(H,47,48)(H,38,40,44)/t20?,22-,27+,29-,37-/m1/s1. The molecule has 5 atom stereocenters. The van der Waals surface area contributed by atoms with Gasteiger partial charge in [0.2, 0.25) is 17.7 Å². The van der Waals surface area contributed by atoms with Crippen LogP contribution < -0.4 is 25.4 Å². The number of nitrogens with one attached hydrogen (secondary N) is 3. The third kappa shape index (κ3) is 8.70. The highest BCUT2D eigenvalue weighted by Crippen LogP contribution is 2.45. The van der Waals surface area contributed by atoms with Gasteiger partial charge >= 0.3 is 12.1 Å². The maximum atomic E-state index is 14.5. The SMILES string of the molecule is C=CC1C[C@]1(NC(=O)[C@@H]1C[C@@H](Oc2cc(-c3csc(NC(C)=O)n3)nc3cc(OC)ccc23)CN1C(=O)[C@@H](NC(=O)OC(C)(C)C)C(C)(C)C)C(=O)O. The van der Waals surface area contributed by atoms with Gasteiger partial charge in [0.05, 0.1) is 24.9 Å². The molecule has 5 rings (SSSR count). The van der Waals surface area contributed by atoms with Crippen LogP contribution in [0.1, 0.15) is 61.3 Å². The summed E-state index contributed by atoms with van der Waals surface area (Å²) in [4.78, 5) is 76.0. The summed E-state index contributed by atoms with van der Waals surface area (Å²) in [5, 5.41) is 20.8. The molecule has 0 bridgehead atoms. The van der Waals surface area contributed by atoms with Crippen LogP contribution in [0.15, 0.2) is 42.3 Å². The monoisotopic (exact) mass is 750 g/mol. The maximum Gasteiger partial charge on any atom is 0.408 e. The second-order valence-corrected chi connectivity index (χ2v) is 16.2. The first-order valence-electron chi connectivity index (χ1n) is 17.1. The summed E-state index contributed by atoms with van der Waals surface area (Å²) in [5.41, 5.74) is -1.75. The maximum absolute atomic E-state index is 14.5. The number of aromatic nitrogens is 2. The molecule has 1 unspecified atom stereocenters. The van der Waals surface area contributed by atoms with Crippen molar-refractivity contribution >= 4 is 57.2 Å². The molecule has 1 aromatic carbocycles. The van der Waals surface area contributed by atoms with Gasteiger partial charge in [-0.3, -0.25) is 14.4 Å². The van der Waals surface area contributed by atoms with Crippen LogP contribution in [-0.4, -0.2) is 92.7 Å². The Bertz CT molecular complexity index is 1950. The Morgan fingerprint density at radius 3 is 2.40 bits per heavy atom. The summed E-state index contributed by atoms with van der Waals surface area (Å²) in [7, 11) is 1.54. The number of hydrogen-bond acceptors (Lipinski definition) is 11. The molecule has 1 saturated heterocycles. The highest BCUT2D eigenvalue weighted by molar-refractivity contribution is 7.14. The Labute approximate surface area is 311 Å². The number of aliphatic carboxylic acids is 1. The van der Waals surface area contributed by atoms with Crippen molar-refractivity contribution in [1.29, 1.82) is 0 Å². The smallest absolute Gasteiger partial charge is 0.408 e. The number of amides is 4. The molecule has 4 N–H and O–H groups in total. The minimum absolute atomic E-state index is 0.00795. The molecule has 1 aliphatic heterocycles. The van der Waals surface area contributed by atoms with Crippen molar-refractivity contribution in [2.45, 2.75) is 90.6 Å². The topological polar surface area (TPSA) is 198 Å². The van der Waals surface area contributed by atoms with E-state index in [0.29, 0.717) is 38.9 Å². The molecule has 1 aliphatic carbocycles. The average Bonchev–Trinajstić information content (AvgIpc) is 3.34. The van der Waals surface area contributed by atoms with Crippen molar-refractivity contribution in [1.82, 2.24) is 25.5 Å². The number of thiazole rings is 1. The molecule has 0 spiro atoms. The second kappa shape index (κ2) is 14.6. The number of nitrogens with zero attached hydrogens (tertiary/aromatic N) is 3. The van der Waals surface area contributed by atoms with E-state index in [1.165, 1.54) is 36.3 Å². The molecule has 0 radical (unpaired) electrons. The van der Waals surface area contributed by atoms with Crippen LogP contribution in [0, 0.1) is 11.3 Å². The molecule has 3 heterocycles. The van der Waals surface area contributed by atoms with E-state index in [1.54, 1.807) is 71.2 Å². The van der Waals surface area contributed by atoms with E-state index in [-0.39, 0.29) is 25.3 Å². The van der Waals surface area contributed by atoms with Crippen LogP contribution in [0.4, 0.5) is 9.93 Å². The van der Waals surface area contributed by atoms with Crippen molar-refractivity contribution in [2.75, 3.05) is 19.0 Å². The van der Waals surface area contributed by atoms with Crippen LogP contribution in [0.5, 0.6) is 11.5 Å². The number of ether oxygens (including phenoxy) is 3. The van der Waals surface area contributed by atoms with Crippen LogP contribution in [-0.2, 0) is 23.9 Å². The normalized spacial score (nSPS) is 21.7. The summed E-state index contributed by atoms with van der Waals surface area (Å²) < 4.78 is 17.5. The third-order valence-corrected chi connectivity index (χ3v) is 9.73. The lowest BCUT2D eigenvalue weighted by Crippen LogP contribution is -2.59. The summed E-state index contributed by atoms with van der Waals surface area (Å²) >= 11 is 1.23. The first kappa shape index (κ1) is 39.0. The number of benzene rings is 1. The van der Waals surface area contributed by atoms with Crippen LogP contribution >= 0.6 is 11.3 Å². The molecular formula is C37H46N6O9S. The molecule has 15 nitrogen and oxygen atoms in total. The van der Waals surface area contributed by atoms with Gasteiger partial charge < -0.3 is 40.2 Å². The van der Waals surface area contributed by atoms with Gasteiger partial charge in [0, 0.05) is 42.2 Å². The lowest BCUT2D eigenvalue weighted by molar-refractivity contribution is -0.146. The number of alkyl carbamates (subject to hydrolysis) is 1. The highest BCUT2D eigenvalue weighted by atomic mass is 32.1. The number of anilines is 1. The zero-order valence-corrected chi connectivity index (χ0v) is 31.9. The van der Waals surface area contributed by atoms with E-state index < -0.39 is 64.5 Å². The average molecular weight is 751 g/mol. The largest absolute Gasteiger partial charge is 0.497 e. The number of carbonyl (C=O) groups excluding carboxylic acids is 4. The fourth-order valence-electron chi connectivity index (χ4n) is 6.24. The Balaban J connectivity index is 1.51. The number of carboxylic acids is 1. The van der Waals surface area contributed by atoms with E-state index in [1.807, 2.05) is 0 Å². The van der Waals surface area contributed by atoms with E-state index in [0.717, 1.165) is 0 Å².